The number of carbonyl (C=O) groups is 3. The molecule has 2 aliphatic rings. The lowest BCUT2D eigenvalue weighted by Crippen LogP contribution is -2.50. The number of hydrogen-bond acceptors (Lipinski definition) is 5. The van der Waals surface area contributed by atoms with E-state index in [1.54, 1.807) is 19.1 Å². The number of nitrogens with one attached hydrogen (secondary N) is 2. The van der Waals surface area contributed by atoms with Crippen molar-refractivity contribution in [2.45, 2.75) is 62.4 Å². The zero-order valence-electron chi connectivity index (χ0n) is 17.2. The van der Waals surface area contributed by atoms with Gasteiger partial charge in [-0.05, 0) is 56.2 Å². The lowest BCUT2D eigenvalue weighted by Gasteiger charge is -2.34. The largest absolute Gasteiger partial charge is 0.348 e. The highest BCUT2D eigenvalue weighted by atomic mass is 32.2. The Labute approximate surface area is 176 Å². The van der Waals surface area contributed by atoms with Gasteiger partial charge in [0.1, 0.15) is 12.1 Å². The fraction of sp³-hybridized carbons (Fsp3) is 0.550. The number of primary sulfonamides is 1. The molecule has 1 aromatic carbocycles. The van der Waals surface area contributed by atoms with Crippen molar-refractivity contribution in [1.29, 1.82) is 0 Å². The molecule has 4 amide bonds. The van der Waals surface area contributed by atoms with Crippen LogP contribution in [0.4, 0.5) is 4.79 Å². The van der Waals surface area contributed by atoms with Gasteiger partial charge in [-0.15, -0.1) is 0 Å². The van der Waals surface area contributed by atoms with E-state index < -0.39 is 33.5 Å². The number of imide groups is 1. The predicted molar refractivity (Wildman–Crippen MR) is 110 cm³/mol. The summed E-state index contributed by atoms with van der Waals surface area (Å²) in [6, 6.07) is 4.86. The SMILES string of the molecule is CCC1CCC2(CC1)NC(=O)N(CC(=O)NC(C)c1ccc(S(N)(=O)=O)cc1)C2=O. The summed E-state index contributed by atoms with van der Waals surface area (Å²) in [6.07, 6.45) is 4.02. The molecule has 1 aliphatic carbocycles. The Hall–Kier alpha value is -2.46. The Bertz CT molecular complexity index is 936. The second-order valence-corrected chi connectivity index (χ2v) is 9.72. The predicted octanol–water partition coefficient (Wildman–Crippen LogP) is 1.40. The van der Waals surface area contributed by atoms with Crippen LogP contribution in [0.15, 0.2) is 29.2 Å². The molecule has 1 saturated carbocycles. The fourth-order valence-electron chi connectivity index (χ4n) is 4.20. The van der Waals surface area contributed by atoms with E-state index in [0.29, 0.717) is 24.3 Å². The molecule has 1 unspecified atom stereocenters. The van der Waals surface area contributed by atoms with Gasteiger partial charge in [0.05, 0.1) is 10.9 Å². The van der Waals surface area contributed by atoms with Crippen LogP contribution in [-0.4, -0.2) is 43.2 Å². The molecule has 1 aliphatic heterocycles. The molecule has 0 aromatic heterocycles. The van der Waals surface area contributed by atoms with Gasteiger partial charge >= 0.3 is 6.03 Å². The molecular formula is C20H28N4O5S. The molecule has 10 heteroatoms. The maximum Gasteiger partial charge on any atom is 0.325 e. The summed E-state index contributed by atoms with van der Waals surface area (Å²) in [6.45, 7) is 3.49. The summed E-state index contributed by atoms with van der Waals surface area (Å²) in [4.78, 5) is 38.7. The standard InChI is InChI=1S/C20H28N4O5S/c1-3-14-8-10-20(11-9-14)18(26)24(19(27)23-20)12-17(25)22-13(2)15-4-6-16(7-5-15)30(21,28)29/h4-7,13-14H,3,8-12H2,1-2H3,(H,22,25)(H,23,27)(H2,21,28,29). The van der Waals surface area contributed by atoms with E-state index in [1.807, 2.05) is 0 Å². The smallest absolute Gasteiger partial charge is 0.325 e. The van der Waals surface area contributed by atoms with Crippen LogP contribution < -0.4 is 15.8 Å². The van der Waals surface area contributed by atoms with Crippen LogP contribution >= 0.6 is 0 Å². The monoisotopic (exact) mass is 436 g/mol. The van der Waals surface area contributed by atoms with Gasteiger partial charge in [-0.3, -0.25) is 14.5 Å². The number of benzene rings is 1. The first-order valence-electron chi connectivity index (χ1n) is 10.1. The second kappa shape index (κ2) is 8.35. The van der Waals surface area contributed by atoms with Crippen LogP contribution in [0, 0.1) is 5.92 Å². The molecule has 1 saturated heterocycles. The van der Waals surface area contributed by atoms with Crippen LogP contribution in [0.3, 0.4) is 0 Å². The molecule has 164 valence electrons. The first-order valence-corrected chi connectivity index (χ1v) is 11.7. The summed E-state index contributed by atoms with van der Waals surface area (Å²) in [5.41, 5.74) is -0.208. The van der Waals surface area contributed by atoms with E-state index in [9.17, 15) is 22.8 Å². The maximum atomic E-state index is 12.9. The molecule has 9 nitrogen and oxygen atoms in total. The van der Waals surface area contributed by atoms with Crippen LogP contribution in [0.5, 0.6) is 0 Å². The van der Waals surface area contributed by atoms with Crippen LogP contribution in [0.25, 0.3) is 0 Å². The molecule has 4 N–H and O–H groups in total. The van der Waals surface area contributed by atoms with Crippen molar-refractivity contribution in [3.63, 3.8) is 0 Å². The van der Waals surface area contributed by atoms with Crippen molar-refractivity contribution in [3.05, 3.63) is 29.8 Å². The van der Waals surface area contributed by atoms with Crippen LogP contribution in [-0.2, 0) is 19.6 Å². The van der Waals surface area contributed by atoms with Crippen molar-refractivity contribution >= 4 is 27.9 Å². The first-order chi connectivity index (χ1) is 14.1. The zero-order valence-corrected chi connectivity index (χ0v) is 18.0. The minimum absolute atomic E-state index is 0.0211. The lowest BCUT2D eigenvalue weighted by molar-refractivity contribution is -0.136. The highest BCUT2D eigenvalue weighted by molar-refractivity contribution is 7.89. The molecule has 0 bridgehead atoms. The van der Waals surface area contributed by atoms with Gasteiger partial charge in [-0.2, -0.15) is 0 Å². The van der Waals surface area contributed by atoms with Crippen LogP contribution in [0.1, 0.15) is 57.6 Å². The molecule has 1 atom stereocenters. The molecule has 1 aromatic rings. The van der Waals surface area contributed by atoms with Gasteiger partial charge in [-0.1, -0.05) is 25.5 Å². The average molecular weight is 437 g/mol. The molecule has 1 heterocycles. The van der Waals surface area contributed by atoms with Crippen molar-refractivity contribution in [2.75, 3.05) is 6.54 Å². The van der Waals surface area contributed by atoms with Gasteiger partial charge in [0.15, 0.2) is 0 Å². The van der Waals surface area contributed by atoms with Crippen molar-refractivity contribution < 1.29 is 22.8 Å². The lowest BCUT2D eigenvalue weighted by atomic mass is 9.75. The number of rotatable bonds is 6. The molecule has 0 radical (unpaired) electrons. The Morgan fingerprint density at radius 1 is 1.27 bits per heavy atom. The van der Waals surface area contributed by atoms with E-state index >= 15 is 0 Å². The number of urea groups is 1. The van der Waals surface area contributed by atoms with E-state index in [4.69, 9.17) is 5.14 Å². The number of nitrogens with zero attached hydrogens (tertiary/aromatic N) is 1. The summed E-state index contributed by atoms with van der Waals surface area (Å²) in [5, 5.41) is 10.6. The van der Waals surface area contributed by atoms with Gasteiger partial charge in [-0.25, -0.2) is 18.4 Å². The van der Waals surface area contributed by atoms with E-state index in [0.717, 1.165) is 24.2 Å². The second-order valence-electron chi connectivity index (χ2n) is 8.16. The van der Waals surface area contributed by atoms with Crippen molar-refractivity contribution in [1.82, 2.24) is 15.5 Å². The highest BCUT2D eigenvalue weighted by Crippen LogP contribution is 2.37. The summed E-state index contributed by atoms with van der Waals surface area (Å²) in [7, 11) is -3.79. The fourth-order valence-corrected chi connectivity index (χ4v) is 4.71. The Balaban J connectivity index is 1.60. The van der Waals surface area contributed by atoms with Crippen molar-refractivity contribution in [3.8, 4) is 0 Å². The number of sulfonamides is 1. The minimum atomic E-state index is -3.79. The molecule has 1 spiro atoms. The first kappa shape index (κ1) is 22.2. The van der Waals surface area contributed by atoms with Gasteiger partial charge in [0.2, 0.25) is 15.9 Å². The summed E-state index contributed by atoms with van der Waals surface area (Å²) in [5.74, 6) is -0.234. The molecule has 2 fully saturated rings. The summed E-state index contributed by atoms with van der Waals surface area (Å²) < 4.78 is 22.7. The van der Waals surface area contributed by atoms with Crippen LogP contribution in [0.2, 0.25) is 0 Å². The molecular weight excluding hydrogens is 408 g/mol. The van der Waals surface area contributed by atoms with E-state index in [-0.39, 0.29) is 17.3 Å². The normalized spacial score (nSPS) is 25.3. The average Bonchev–Trinajstić information content (AvgIpc) is 2.92. The van der Waals surface area contributed by atoms with Gasteiger partial charge < -0.3 is 10.6 Å². The zero-order chi connectivity index (χ0) is 22.1. The van der Waals surface area contributed by atoms with Gasteiger partial charge in [0.25, 0.3) is 5.91 Å². The van der Waals surface area contributed by atoms with E-state index in [2.05, 4.69) is 17.6 Å². The topological polar surface area (TPSA) is 139 Å². The number of amides is 4. The van der Waals surface area contributed by atoms with Gasteiger partial charge in [0, 0.05) is 0 Å². The number of hydrogen-bond donors (Lipinski definition) is 3. The Morgan fingerprint density at radius 2 is 1.87 bits per heavy atom. The number of carbonyl (C=O) groups excluding carboxylic acids is 3. The molecule has 30 heavy (non-hydrogen) atoms. The molecule has 3 rings (SSSR count). The Morgan fingerprint density at radius 3 is 2.40 bits per heavy atom. The quantitative estimate of drug-likeness (QED) is 0.579. The summed E-state index contributed by atoms with van der Waals surface area (Å²) >= 11 is 0. The van der Waals surface area contributed by atoms with Crippen molar-refractivity contribution in [2.24, 2.45) is 11.1 Å². The Kier molecular flexibility index (Phi) is 6.19. The maximum absolute atomic E-state index is 12.9. The minimum Gasteiger partial charge on any atom is -0.348 e. The third kappa shape index (κ3) is 4.49. The number of nitrogens with two attached hydrogens (primary N) is 1. The highest BCUT2D eigenvalue weighted by Gasteiger charge is 2.52. The third-order valence-corrected chi connectivity index (χ3v) is 7.10. The third-order valence-electron chi connectivity index (χ3n) is 6.17. The van der Waals surface area contributed by atoms with E-state index in [1.165, 1.54) is 12.1 Å².